The minimum atomic E-state index is -4.58. The lowest BCUT2D eigenvalue weighted by molar-refractivity contribution is -0.204. The number of ether oxygens (including phenoxy) is 2. The zero-order valence-electron chi connectivity index (χ0n) is 22.1. The highest BCUT2D eigenvalue weighted by Gasteiger charge is 2.65. The lowest BCUT2D eigenvalue weighted by Gasteiger charge is -2.28. The van der Waals surface area contributed by atoms with Crippen LogP contribution >= 0.6 is 7.75 Å². The number of nitrogens with one attached hydrogen (secondary N) is 1. The van der Waals surface area contributed by atoms with Crippen molar-refractivity contribution in [2.45, 2.75) is 82.0 Å². The van der Waals surface area contributed by atoms with Gasteiger partial charge in [0.05, 0.1) is 0 Å². The van der Waals surface area contributed by atoms with Crippen LogP contribution in [0.5, 0.6) is 5.75 Å². The molecular formula is C25H33F2N4O8P. The number of carbonyl (C=O) groups excluding carboxylic acids is 1. The maximum atomic E-state index is 15.9. The second-order valence-electron chi connectivity index (χ2n) is 10.1. The number of halogens is 2. The maximum Gasteiger partial charge on any atom is 0.459 e. The van der Waals surface area contributed by atoms with E-state index >= 15 is 8.78 Å². The Labute approximate surface area is 229 Å². The highest BCUT2D eigenvalue weighted by atomic mass is 31.2. The first-order valence-electron chi connectivity index (χ1n) is 12.9. The standard InChI is InChI=1S/C25H33F2N4O8P/c1-16(20(32)37-17-9-5-3-6-10-17)30-40(35,39-18-11-7-4-8-12-18)36-15-25(27)21(33)24(2,26)22(38-25)31-14-13-19(28)29-23(31)34/h4,7-8,11-14,16-17,21-22,33H,3,5-6,9-10,15H2,1-2H3,(H,30,35)(H2,28,29,34)/t16-,21+,22-,24-,25-,40?/m1/s1. The van der Waals surface area contributed by atoms with Gasteiger partial charge in [-0.2, -0.15) is 10.1 Å². The van der Waals surface area contributed by atoms with Gasteiger partial charge in [0, 0.05) is 6.20 Å². The summed E-state index contributed by atoms with van der Waals surface area (Å²) < 4.78 is 67.3. The van der Waals surface area contributed by atoms with Crippen molar-refractivity contribution in [2.24, 2.45) is 0 Å². The summed E-state index contributed by atoms with van der Waals surface area (Å²) in [5, 5.41) is 13.0. The molecule has 1 saturated heterocycles. The van der Waals surface area contributed by atoms with Crippen molar-refractivity contribution in [3.8, 4) is 5.75 Å². The average Bonchev–Trinajstić information content (AvgIpc) is 3.09. The minimum absolute atomic E-state index is 0.0553. The number of nitrogens with two attached hydrogens (primary N) is 1. The first-order chi connectivity index (χ1) is 18.8. The normalized spacial score (nSPS) is 29.4. The molecule has 4 N–H and O–H groups in total. The van der Waals surface area contributed by atoms with Gasteiger partial charge in [0.25, 0.3) is 5.85 Å². The summed E-state index contributed by atoms with van der Waals surface area (Å²) in [6.07, 6.45) is 0.622. The SMILES string of the molecule is C[C@@H](NP(=O)(OC[C@@]1(F)O[C@@H](n2ccc(N)nc2=O)[C@](C)(F)[C@@H]1O)Oc1ccccc1)C(=O)OC1CCCCC1. The molecular weight excluding hydrogens is 553 g/mol. The van der Waals surface area contributed by atoms with Gasteiger partial charge < -0.3 is 24.8 Å². The third-order valence-corrected chi connectivity index (χ3v) is 8.40. The van der Waals surface area contributed by atoms with Gasteiger partial charge in [-0.15, -0.1) is 0 Å². The summed E-state index contributed by atoms with van der Waals surface area (Å²) in [4.78, 5) is 28.4. The number of hydrogen-bond acceptors (Lipinski definition) is 10. The molecule has 1 aliphatic heterocycles. The molecule has 6 atom stereocenters. The molecule has 15 heteroatoms. The van der Waals surface area contributed by atoms with Crippen molar-refractivity contribution in [3.05, 3.63) is 53.1 Å². The van der Waals surface area contributed by atoms with Crippen molar-refractivity contribution >= 4 is 19.5 Å². The Morgan fingerprint density at radius 1 is 1.27 bits per heavy atom. The van der Waals surface area contributed by atoms with Gasteiger partial charge in [-0.1, -0.05) is 24.6 Å². The number of nitrogen functional groups attached to an aromatic ring is 1. The van der Waals surface area contributed by atoms with E-state index < -0.39 is 55.9 Å². The van der Waals surface area contributed by atoms with Crippen molar-refractivity contribution in [2.75, 3.05) is 12.3 Å². The Morgan fingerprint density at radius 2 is 1.95 bits per heavy atom. The number of alkyl halides is 2. The molecule has 1 unspecified atom stereocenters. The van der Waals surface area contributed by atoms with Crippen LogP contribution in [-0.2, 0) is 23.4 Å². The molecule has 2 aliphatic rings. The minimum Gasteiger partial charge on any atom is -0.461 e. The van der Waals surface area contributed by atoms with E-state index in [1.807, 2.05) is 0 Å². The van der Waals surface area contributed by atoms with E-state index in [1.54, 1.807) is 18.2 Å². The second-order valence-corrected chi connectivity index (χ2v) is 11.8. The van der Waals surface area contributed by atoms with Crippen LogP contribution in [0.25, 0.3) is 0 Å². The monoisotopic (exact) mass is 586 g/mol. The molecule has 12 nitrogen and oxygen atoms in total. The average molecular weight is 587 g/mol. The molecule has 2 fully saturated rings. The predicted molar refractivity (Wildman–Crippen MR) is 139 cm³/mol. The van der Waals surface area contributed by atoms with Gasteiger partial charge in [0.2, 0.25) is 0 Å². The summed E-state index contributed by atoms with van der Waals surface area (Å²) >= 11 is 0. The van der Waals surface area contributed by atoms with E-state index in [9.17, 15) is 19.3 Å². The topological polar surface area (TPSA) is 164 Å². The van der Waals surface area contributed by atoms with Gasteiger partial charge in [-0.05, 0) is 57.7 Å². The number of carbonyl (C=O) groups is 1. The van der Waals surface area contributed by atoms with Gasteiger partial charge in [0.15, 0.2) is 18.0 Å². The number of esters is 1. The number of nitrogens with zero attached hydrogens (tertiary/aromatic N) is 2. The van der Waals surface area contributed by atoms with Crippen LogP contribution in [-0.4, -0.2) is 57.0 Å². The molecule has 1 aliphatic carbocycles. The highest BCUT2D eigenvalue weighted by molar-refractivity contribution is 7.52. The van der Waals surface area contributed by atoms with Crippen LogP contribution in [0.4, 0.5) is 14.6 Å². The third kappa shape index (κ3) is 6.69. The summed E-state index contributed by atoms with van der Waals surface area (Å²) in [5.41, 5.74) is 1.56. The highest BCUT2D eigenvalue weighted by Crippen LogP contribution is 2.51. The molecule has 0 spiro atoms. The number of aromatic nitrogens is 2. The lowest BCUT2D eigenvalue weighted by Crippen LogP contribution is -2.47. The zero-order valence-corrected chi connectivity index (χ0v) is 23.0. The van der Waals surface area contributed by atoms with E-state index in [1.165, 1.54) is 25.1 Å². The molecule has 220 valence electrons. The smallest absolute Gasteiger partial charge is 0.459 e. The van der Waals surface area contributed by atoms with Gasteiger partial charge in [0.1, 0.15) is 30.3 Å². The summed E-state index contributed by atoms with van der Waals surface area (Å²) in [5.74, 6) is -4.11. The Morgan fingerprint density at radius 3 is 2.60 bits per heavy atom. The van der Waals surface area contributed by atoms with Crippen LogP contribution in [0.1, 0.15) is 52.2 Å². The maximum absolute atomic E-state index is 15.9. The Balaban J connectivity index is 1.52. The van der Waals surface area contributed by atoms with Gasteiger partial charge >= 0.3 is 19.4 Å². The number of aliphatic hydroxyl groups excluding tert-OH is 1. The number of benzene rings is 1. The van der Waals surface area contributed by atoms with Crippen molar-refractivity contribution in [1.29, 1.82) is 0 Å². The van der Waals surface area contributed by atoms with Crippen molar-refractivity contribution in [3.63, 3.8) is 0 Å². The molecule has 2 aromatic rings. The molecule has 4 rings (SSSR count). The van der Waals surface area contributed by atoms with E-state index in [0.29, 0.717) is 17.4 Å². The molecule has 0 amide bonds. The predicted octanol–water partition coefficient (Wildman–Crippen LogP) is 3.17. The number of rotatable bonds is 10. The van der Waals surface area contributed by atoms with Gasteiger partial charge in [-0.25, -0.2) is 18.1 Å². The first-order valence-corrected chi connectivity index (χ1v) is 14.4. The number of para-hydroxylation sites is 1. The molecule has 1 aromatic carbocycles. The zero-order chi connectivity index (χ0) is 29.1. The van der Waals surface area contributed by atoms with Crippen LogP contribution in [0, 0.1) is 0 Å². The molecule has 0 radical (unpaired) electrons. The second kappa shape index (κ2) is 11.9. The quantitative estimate of drug-likeness (QED) is 0.277. The summed E-state index contributed by atoms with van der Waals surface area (Å²) in [7, 11) is -4.58. The summed E-state index contributed by atoms with van der Waals surface area (Å²) in [6, 6.07) is 7.69. The first kappa shape index (κ1) is 30.1. The van der Waals surface area contributed by atoms with Crippen LogP contribution in [0.15, 0.2) is 47.4 Å². The number of hydrogen-bond donors (Lipinski definition) is 3. The van der Waals surface area contributed by atoms with E-state index in [-0.39, 0.29) is 17.7 Å². The van der Waals surface area contributed by atoms with E-state index in [0.717, 1.165) is 32.4 Å². The molecule has 1 aromatic heterocycles. The third-order valence-electron chi connectivity index (χ3n) is 6.78. The van der Waals surface area contributed by atoms with Gasteiger partial charge in [-0.3, -0.25) is 13.9 Å². The Bertz CT molecular complexity index is 1290. The fourth-order valence-corrected chi connectivity index (χ4v) is 6.10. The van der Waals surface area contributed by atoms with E-state index in [4.69, 9.17) is 24.3 Å². The van der Waals surface area contributed by atoms with Crippen molar-refractivity contribution in [1.82, 2.24) is 14.6 Å². The fraction of sp³-hybridized carbons (Fsp3) is 0.560. The molecule has 2 heterocycles. The summed E-state index contributed by atoms with van der Waals surface area (Å²) in [6.45, 7) is 0.897. The van der Waals surface area contributed by atoms with Crippen molar-refractivity contribution < 1.29 is 41.8 Å². The fourth-order valence-electron chi connectivity index (χ4n) is 4.59. The molecule has 0 bridgehead atoms. The van der Waals surface area contributed by atoms with Crippen LogP contribution in [0.2, 0.25) is 0 Å². The Hall–Kier alpha value is -2.90. The van der Waals surface area contributed by atoms with Crippen LogP contribution < -0.4 is 21.0 Å². The number of aliphatic hydroxyl groups is 1. The molecule has 1 saturated carbocycles. The van der Waals surface area contributed by atoms with Crippen LogP contribution in [0.3, 0.4) is 0 Å². The molecule has 40 heavy (non-hydrogen) atoms. The van der Waals surface area contributed by atoms with E-state index in [2.05, 4.69) is 10.1 Å². The Kier molecular flexibility index (Phi) is 8.96. The largest absolute Gasteiger partial charge is 0.461 e. The lowest BCUT2D eigenvalue weighted by atomic mass is 9.97. The number of anilines is 1.